The maximum atomic E-state index is 12.5. The SMILES string of the molecule is COc1ccc(C(=O)N/N=C/c2cc([N+](=O)[O-])ccc2OC(=O)c2ccc(Cl)cc2Cl)cc1. The molecule has 1 amide bonds. The van der Waals surface area contributed by atoms with Gasteiger partial charge in [0.1, 0.15) is 11.5 Å². The van der Waals surface area contributed by atoms with Crippen LogP contribution in [0.4, 0.5) is 5.69 Å². The van der Waals surface area contributed by atoms with Gasteiger partial charge in [-0.05, 0) is 48.5 Å². The number of methoxy groups -OCH3 is 1. The van der Waals surface area contributed by atoms with Crippen LogP contribution < -0.4 is 14.9 Å². The Labute approximate surface area is 197 Å². The lowest BCUT2D eigenvalue weighted by atomic mass is 10.2. The van der Waals surface area contributed by atoms with Crippen molar-refractivity contribution in [3.8, 4) is 11.5 Å². The molecular formula is C22H15Cl2N3O6. The zero-order valence-corrected chi connectivity index (χ0v) is 18.5. The molecule has 0 radical (unpaired) electrons. The molecule has 0 unspecified atom stereocenters. The summed E-state index contributed by atoms with van der Waals surface area (Å²) in [5, 5.41) is 15.4. The van der Waals surface area contributed by atoms with Crippen LogP contribution in [0.5, 0.6) is 11.5 Å². The number of benzene rings is 3. The molecule has 0 aliphatic carbocycles. The fraction of sp³-hybridized carbons (Fsp3) is 0.0455. The Bertz CT molecular complexity index is 1250. The van der Waals surface area contributed by atoms with Gasteiger partial charge in [-0.15, -0.1) is 0 Å². The van der Waals surface area contributed by atoms with Crippen LogP contribution in [-0.2, 0) is 0 Å². The Kier molecular flexibility index (Phi) is 7.60. The Hall–Kier alpha value is -3.95. The van der Waals surface area contributed by atoms with E-state index < -0.39 is 16.8 Å². The molecule has 0 spiro atoms. The first-order valence-electron chi connectivity index (χ1n) is 9.21. The molecule has 168 valence electrons. The van der Waals surface area contributed by atoms with Gasteiger partial charge in [-0.1, -0.05) is 23.2 Å². The van der Waals surface area contributed by atoms with Crippen LogP contribution in [0.15, 0.2) is 65.8 Å². The molecule has 1 N–H and O–H groups in total. The Balaban J connectivity index is 1.81. The van der Waals surface area contributed by atoms with Gasteiger partial charge in [0.05, 0.1) is 28.8 Å². The smallest absolute Gasteiger partial charge is 0.345 e. The second-order valence-electron chi connectivity index (χ2n) is 6.42. The topological polar surface area (TPSA) is 120 Å². The second kappa shape index (κ2) is 10.6. The lowest BCUT2D eigenvalue weighted by Crippen LogP contribution is -2.17. The lowest BCUT2D eigenvalue weighted by molar-refractivity contribution is -0.384. The van der Waals surface area contributed by atoms with Crippen molar-refractivity contribution >= 4 is 47.0 Å². The molecule has 11 heteroatoms. The summed E-state index contributed by atoms with van der Waals surface area (Å²) in [7, 11) is 1.50. The monoisotopic (exact) mass is 487 g/mol. The van der Waals surface area contributed by atoms with E-state index in [0.717, 1.165) is 12.3 Å². The molecule has 0 heterocycles. The number of amides is 1. The lowest BCUT2D eigenvalue weighted by Gasteiger charge is -2.09. The van der Waals surface area contributed by atoms with Crippen molar-refractivity contribution in [2.75, 3.05) is 7.11 Å². The van der Waals surface area contributed by atoms with E-state index in [1.165, 1.54) is 37.4 Å². The second-order valence-corrected chi connectivity index (χ2v) is 7.26. The van der Waals surface area contributed by atoms with Gasteiger partial charge in [-0.3, -0.25) is 14.9 Å². The minimum absolute atomic E-state index is 0.0286. The van der Waals surface area contributed by atoms with Gasteiger partial charge in [0.2, 0.25) is 0 Å². The van der Waals surface area contributed by atoms with E-state index in [1.54, 1.807) is 24.3 Å². The molecule has 3 aromatic rings. The number of hydrogen-bond acceptors (Lipinski definition) is 7. The quantitative estimate of drug-likeness (QED) is 0.166. The van der Waals surface area contributed by atoms with E-state index in [-0.39, 0.29) is 27.6 Å². The van der Waals surface area contributed by atoms with E-state index in [0.29, 0.717) is 16.3 Å². The first-order chi connectivity index (χ1) is 15.8. The largest absolute Gasteiger partial charge is 0.497 e. The number of carbonyl (C=O) groups excluding carboxylic acids is 2. The van der Waals surface area contributed by atoms with E-state index >= 15 is 0 Å². The molecule has 0 aliphatic heterocycles. The summed E-state index contributed by atoms with van der Waals surface area (Å²) in [6.07, 6.45) is 1.13. The number of hydrazone groups is 1. The molecule has 0 aromatic heterocycles. The third-order valence-corrected chi connectivity index (χ3v) is 4.83. The average molecular weight is 488 g/mol. The number of non-ortho nitro benzene ring substituents is 1. The molecule has 0 saturated carbocycles. The summed E-state index contributed by atoms with van der Waals surface area (Å²) < 4.78 is 10.4. The number of nitro groups is 1. The maximum absolute atomic E-state index is 12.5. The first-order valence-corrected chi connectivity index (χ1v) is 9.97. The highest BCUT2D eigenvalue weighted by molar-refractivity contribution is 6.36. The van der Waals surface area contributed by atoms with E-state index in [1.807, 2.05) is 0 Å². The molecule has 3 rings (SSSR count). The van der Waals surface area contributed by atoms with Crippen LogP contribution in [0, 0.1) is 10.1 Å². The van der Waals surface area contributed by atoms with Crippen molar-refractivity contribution in [3.05, 3.63) is 97.5 Å². The van der Waals surface area contributed by atoms with E-state index in [4.69, 9.17) is 32.7 Å². The van der Waals surface area contributed by atoms with Gasteiger partial charge < -0.3 is 9.47 Å². The third kappa shape index (κ3) is 6.06. The molecule has 33 heavy (non-hydrogen) atoms. The van der Waals surface area contributed by atoms with Gasteiger partial charge in [-0.2, -0.15) is 5.10 Å². The van der Waals surface area contributed by atoms with Crippen molar-refractivity contribution in [2.45, 2.75) is 0 Å². The van der Waals surface area contributed by atoms with Crippen LogP contribution in [0.25, 0.3) is 0 Å². The molecule has 0 bridgehead atoms. The van der Waals surface area contributed by atoms with Crippen LogP contribution in [0.1, 0.15) is 26.3 Å². The predicted octanol–water partition coefficient (Wildman–Crippen LogP) is 4.89. The van der Waals surface area contributed by atoms with Crippen molar-refractivity contribution < 1.29 is 24.0 Å². The van der Waals surface area contributed by atoms with Crippen molar-refractivity contribution in [1.82, 2.24) is 5.43 Å². The summed E-state index contributed by atoms with van der Waals surface area (Å²) in [5.41, 5.74) is 2.49. The summed E-state index contributed by atoms with van der Waals surface area (Å²) >= 11 is 11.9. The third-order valence-electron chi connectivity index (χ3n) is 4.28. The van der Waals surface area contributed by atoms with E-state index in [2.05, 4.69) is 10.5 Å². The van der Waals surface area contributed by atoms with E-state index in [9.17, 15) is 19.7 Å². The number of halogens is 2. The van der Waals surface area contributed by atoms with Gasteiger partial charge >= 0.3 is 5.97 Å². The first kappa shape index (κ1) is 23.7. The number of nitrogens with one attached hydrogen (secondary N) is 1. The molecule has 0 aliphatic rings. The summed E-state index contributed by atoms with van der Waals surface area (Å²) in [6, 6.07) is 14.1. The van der Waals surface area contributed by atoms with Crippen molar-refractivity contribution in [3.63, 3.8) is 0 Å². The number of ether oxygens (including phenoxy) is 2. The summed E-state index contributed by atoms with van der Waals surface area (Å²) in [5.74, 6) is -0.772. The van der Waals surface area contributed by atoms with Crippen LogP contribution in [-0.4, -0.2) is 30.1 Å². The predicted molar refractivity (Wildman–Crippen MR) is 123 cm³/mol. The van der Waals surface area contributed by atoms with Gasteiger partial charge in [0.25, 0.3) is 11.6 Å². The zero-order chi connectivity index (χ0) is 24.0. The molecule has 0 atom stereocenters. The highest BCUT2D eigenvalue weighted by Gasteiger charge is 2.17. The molecule has 9 nitrogen and oxygen atoms in total. The summed E-state index contributed by atoms with van der Waals surface area (Å²) in [6.45, 7) is 0. The van der Waals surface area contributed by atoms with Crippen molar-refractivity contribution in [2.24, 2.45) is 5.10 Å². The van der Waals surface area contributed by atoms with Crippen LogP contribution in [0.3, 0.4) is 0 Å². The molecule has 3 aromatic carbocycles. The van der Waals surface area contributed by atoms with Crippen LogP contribution in [0.2, 0.25) is 10.0 Å². The summed E-state index contributed by atoms with van der Waals surface area (Å²) in [4.78, 5) is 35.3. The number of hydrogen-bond donors (Lipinski definition) is 1. The highest BCUT2D eigenvalue weighted by Crippen LogP contribution is 2.26. The fourth-order valence-electron chi connectivity index (χ4n) is 2.62. The minimum Gasteiger partial charge on any atom is -0.497 e. The number of carbonyl (C=O) groups is 2. The number of nitro benzene ring substituents is 1. The molecular weight excluding hydrogens is 473 g/mol. The molecule has 0 fully saturated rings. The number of rotatable bonds is 7. The zero-order valence-electron chi connectivity index (χ0n) is 17.0. The number of esters is 1. The van der Waals surface area contributed by atoms with Gasteiger partial charge in [0.15, 0.2) is 0 Å². The maximum Gasteiger partial charge on any atom is 0.345 e. The standard InChI is InChI=1S/C22H15Cl2N3O6/c1-32-17-6-2-13(3-7-17)21(28)26-25-12-14-10-16(27(30)31)5-9-20(14)33-22(29)18-8-4-15(23)11-19(18)24/h2-12H,1H3,(H,26,28)/b25-12+. The normalized spacial score (nSPS) is 10.6. The minimum atomic E-state index is -0.803. The Morgan fingerprint density at radius 1 is 1.06 bits per heavy atom. The van der Waals surface area contributed by atoms with Gasteiger partial charge in [-0.25, -0.2) is 10.2 Å². The fourth-order valence-corrected chi connectivity index (χ4v) is 3.11. The highest BCUT2D eigenvalue weighted by atomic mass is 35.5. The van der Waals surface area contributed by atoms with Gasteiger partial charge in [0, 0.05) is 28.3 Å². The Morgan fingerprint density at radius 3 is 2.42 bits per heavy atom. The van der Waals surface area contributed by atoms with Crippen LogP contribution >= 0.6 is 23.2 Å². The average Bonchev–Trinajstić information content (AvgIpc) is 2.79. The Morgan fingerprint density at radius 2 is 1.79 bits per heavy atom. The molecule has 0 saturated heterocycles. The number of nitrogens with zero attached hydrogens (tertiary/aromatic N) is 2. The van der Waals surface area contributed by atoms with Crippen molar-refractivity contribution in [1.29, 1.82) is 0 Å².